The third-order valence-corrected chi connectivity index (χ3v) is 4.19. The van der Waals surface area contributed by atoms with E-state index in [1.54, 1.807) is 0 Å². The summed E-state index contributed by atoms with van der Waals surface area (Å²) in [4.78, 5) is 2.52. The maximum atomic E-state index is 2.52. The predicted molar refractivity (Wildman–Crippen MR) is 102 cm³/mol. The molecule has 1 heteroatoms. The molecule has 0 amide bonds. The van der Waals surface area contributed by atoms with E-state index in [1.165, 1.54) is 11.4 Å². The number of nitrogens with zero attached hydrogens (tertiary/aromatic N) is 1. The van der Waals surface area contributed by atoms with Gasteiger partial charge in [-0.1, -0.05) is 77.9 Å². The number of hydrogen-bond donors (Lipinski definition) is 0. The Labute approximate surface area is 142 Å². The van der Waals surface area contributed by atoms with Crippen molar-refractivity contribution in [2.75, 3.05) is 4.90 Å². The van der Waals surface area contributed by atoms with E-state index in [0.717, 1.165) is 6.42 Å². The Morgan fingerprint density at radius 3 is 1.39 bits per heavy atom. The molecule has 0 saturated carbocycles. The fraction of sp³-hybridized carbons (Fsp3) is 0.455. The lowest BCUT2D eigenvalue weighted by Crippen LogP contribution is -2.43. The van der Waals surface area contributed by atoms with E-state index in [1.807, 2.05) is 0 Å². The van der Waals surface area contributed by atoms with Gasteiger partial charge >= 0.3 is 0 Å². The Kier molecular flexibility index (Phi) is 5.19. The first-order chi connectivity index (χ1) is 10.7. The number of rotatable bonds is 4. The molecule has 2 aromatic carbocycles. The highest BCUT2D eigenvalue weighted by atomic mass is 15.2. The molecule has 1 unspecified atom stereocenters. The van der Waals surface area contributed by atoms with Crippen LogP contribution >= 0.6 is 0 Å². The van der Waals surface area contributed by atoms with Crippen LogP contribution in [-0.2, 0) is 0 Å². The monoisotopic (exact) mass is 309 g/mol. The van der Waals surface area contributed by atoms with Gasteiger partial charge in [0, 0.05) is 17.4 Å². The molecule has 0 bridgehead atoms. The molecule has 0 radical (unpaired) electrons. The second-order valence-corrected chi connectivity index (χ2v) is 8.69. The van der Waals surface area contributed by atoms with E-state index in [-0.39, 0.29) is 10.8 Å². The normalized spacial score (nSPS) is 13.7. The summed E-state index contributed by atoms with van der Waals surface area (Å²) in [7, 11) is 0. The van der Waals surface area contributed by atoms with Gasteiger partial charge in [0.05, 0.1) is 0 Å². The van der Waals surface area contributed by atoms with Gasteiger partial charge in [0.25, 0.3) is 0 Å². The molecule has 0 aliphatic carbocycles. The van der Waals surface area contributed by atoms with Crippen LogP contribution in [0.2, 0.25) is 0 Å². The Balaban J connectivity index is 2.54. The summed E-state index contributed by atoms with van der Waals surface area (Å²) in [5.74, 6) is 0. The van der Waals surface area contributed by atoms with Crippen LogP contribution in [-0.4, -0.2) is 6.04 Å². The lowest BCUT2D eigenvalue weighted by molar-refractivity contribution is 0.230. The van der Waals surface area contributed by atoms with Crippen molar-refractivity contribution < 1.29 is 0 Å². The molecule has 0 fully saturated rings. The predicted octanol–water partition coefficient (Wildman–Crippen LogP) is 6.68. The smallest absolute Gasteiger partial charge is 0.0413 e. The van der Waals surface area contributed by atoms with Gasteiger partial charge in [0.2, 0.25) is 0 Å². The molecule has 1 nitrogen and oxygen atoms in total. The Hall–Kier alpha value is -1.76. The van der Waals surface area contributed by atoms with Crippen LogP contribution in [0.25, 0.3) is 0 Å². The standard InChI is InChI=1S/C22H31N/c1-21(2,3)17-20(22(4,5)6)23(18-13-9-7-10-14-18)19-15-11-8-12-16-19/h7-16,20H,17H2,1-6H3. The van der Waals surface area contributed by atoms with E-state index in [4.69, 9.17) is 0 Å². The van der Waals surface area contributed by atoms with E-state index in [9.17, 15) is 0 Å². The fourth-order valence-electron chi connectivity index (χ4n) is 3.05. The van der Waals surface area contributed by atoms with Crippen LogP contribution < -0.4 is 4.90 Å². The van der Waals surface area contributed by atoms with Crippen LogP contribution in [0.1, 0.15) is 48.0 Å². The Morgan fingerprint density at radius 2 is 1.09 bits per heavy atom. The zero-order valence-electron chi connectivity index (χ0n) is 15.5. The molecule has 0 spiro atoms. The summed E-state index contributed by atoms with van der Waals surface area (Å²) < 4.78 is 0. The highest BCUT2D eigenvalue weighted by molar-refractivity contribution is 5.64. The van der Waals surface area contributed by atoms with Crippen molar-refractivity contribution in [2.24, 2.45) is 10.8 Å². The third kappa shape index (κ3) is 4.86. The highest BCUT2D eigenvalue weighted by Gasteiger charge is 2.34. The minimum absolute atomic E-state index is 0.180. The van der Waals surface area contributed by atoms with Gasteiger partial charge in [-0.2, -0.15) is 0 Å². The molecule has 0 saturated heterocycles. The van der Waals surface area contributed by atoms with E-state index in [0.29, 0.717) is 6.04 Å². The van der Waals surface area contributed by atoms with Crippen molar-refractivity contribution in [3.63, 3.8) is 0 Å². The molecule has 0 N–H and O–H groups in total. The number of anilines is 2. The minimum Gasteiger partial charge on any atom is -0.338 e. The first kappa shape index (κ1) is 17.6. The molecule has 1 atom stereocenters. The van der Waals surface area contributed by atoms with Crippen LogP contribution in [0.4, 0.5) is 11.4 Å². The van der Waals surface area contributed by atoms with Gasteiger partial charge in [0.15, 0.2) is 0 Å². The fourth-order valence-corrected chi connectivity index (χ4v) is 3.05. The largest absolute Gasteiger partial charge is 0.338 e. The maximum absolute atomic E-state index is 2.52. The molecule has 2 rings (SSSR count). The maximum Gasteiger partial charge on any atom is 0.0413 e. The summed E-state index contributed by atoms with van der Waals surface area (Å²) in [5.41, 5.74) is 2.99. The van der Waals surface area contributed by atoms with Crippen LogP contribution in [0.5, 0.6) is 0 Å². The second-order valence-electron chi connectivity index (χ2n) is 8.69. The topological polar surface area (TPSA) is 3.24 Å². The Morgan fingerprint density at radius 1 is 0.696 bits per heavy atom. The van der Waals surface area contributed by atoms with Gasteiger partial charge in [-0.15, -0.1) is 0 Å². The lowest BCUT2D eigenvalue weighted by atomic mass is 9.75. The molecule has 0 aliphatic rings. The molecule has 0 aliphatic heterocycles. The average Bonchev–Trinajstić information content (AvgIpc) is 2.47. The third-order valence-electron chi connectivity index (χ3n) is 4.19. The molecule has 124 valence electrons. The van der Waals surface area contributed by atoms with Crippen molar-refractivity contribution in [2.45, 2.75) is 54.0 Å². The molecular formula is C22H31N. The minimum atomic E-state index is 0.180. The summed E-state index contributed by atoms with van der Waals surface area (Å²) in [6.45, 7) is 14.0. The summed E-state index contributed by atoms with van der Waals surface area (Å²) in [6, 6.07) is 22.0. The van der Waals surface area contributed by atoms with E-state index in [2.05, 4.69) is 107 Å². The summed E-state index contributed by atoms with van der Waals surface area (Å²) >= 11 is 0. The Bertz CT molecular complexity index is 548. The van der Waals surface area contributed by atoms with Gasteiger partial charge in [-0.25, -0.2) is 0 Å². The summed E-state index contributed by atoms with van der Waals surface area (Å²) in [5, 5.41) is 0. The van der Waals surface area contributed by atoms with Crippen molar-refractivity contribution in [1.82, 2.24) is 0 Å². The molecular weight excluding hydrogens is 278 g/mol. The van der Waals surface area contributed by atoms with Gasteiger partial charge in [-0.05, 0) is 41.5 Å². The summed E-state index contributed by atoms with van der Waals surface area (Å²) in [6.07, 6.45) is 1.14. The van der Waals surface area contributed by atoms with Crippen molar-refractivity contribution in [3.8, 4) is 0 Å². The average molecular weight is 309 g/mol. The van der Waals surface area contributed by atoms with Crippen molar-refractivity contribution in [3.05, 3.63) is 60.7 Å². The van der Waals surface area contributed by atoms with E-state index < -0.39 is 0 Å². The van der Waals surface area contributed by atoms with Gasteiger partial charge in [-0.3, -0.25) is 0 Å². The molecule has 23 heavy (non-hydrogen) atoms. The quantitative estimate of drug-likeness (QED) is 0.609. The molecule has 0 heterocycles. The van der Waals surface area contributed by atoms with Gasteiger partial charge < -0.3 is 4.90 Å². The van der Waals surface area contributed by atoms with E-state index >= 15 is 0 Å². The van der Waals surface area contributed by atoms with Gasteiger partial charge in [0.1, 0.15) is 0 Å². The first-order valence-corrected chi connectivity index (χ1v) is 8.58. The zero-order valence-corrected chi connectivity index (χ0v) is 15.5. The molecule has 0 aromatic heterocycles. The SMILES string of the molecule is CC(C)(C)CC(N(c1ccccc1)c1ccccc1)C(C)(C)C. The second kappa shape index (κ2) is 6.78. The van der Waals surface area contributed by atoms with Crippen molar-refractivity contribution in [1.29, 1.82) is 0 Å². The highest BCUT2D eigenvalue weighted by Crippen LogP contribution is 2.40. The number of hydrogen-bond acceptors (Lipinski definition) is 1. The van der Waals surface area contributed by atoms with Crippen LogP contribution in [0.15, 0.2) is 60.7 Å². The van der Waals surface area contributed by atoms with Crippen molar-refractivity contribution >= 4 is 11.4 Å². The first-order valence-electron chi connectivity index (χ1n) is 8.58. The lowest BCUT2D eigenvalue weighted by Gasteiger charge is -2.44. The molecule has 2 aromatic rings. The zero-order chi connectivity index (χ0) is 17.1. The van der Waals surface area contributed by atoms with Crippen LogP contribution in [0.3, 0.4) is 0 Å². The number of benzene rings is 2. The van der Waals surface area contributed by atoms with Crippen LogP contribution in [0, 0.1) is 10.8 Å². The number of para-hydroxylation sites is 2.